The van der Waals surface area contributed by atoms with E-state index in [1.54, 1.807) is 0 Å². The van der Waals surface area contributed by atoms with E-state index in [9.17, 15) is 19.8 Å². The molecule has 0 aromatic carbocycles. The summed E-state index contributed by atoms with van der Waals surface area (Å²) in [6.45, 7) is 0.991. The number of rotatable bonds is 2. The van der Waals surface area contributed by atoms with Gasteiger partial charge in [-0.15, -0.1) is 0 Å². The van der Waals surface area contributed by atoms with Gasteiger partial charge in [0.25, 0.3) is 0 Å². The average Bonchev–Trinajstić information content (AvgIpc) is 2.51. The second kappa shape index (κ2) is 11.3. The van der Waals surface area contributed by atoms with Crippen molar-refractivity contribution < 1.29 is 29.8 Å². The van der Waals surface area contributed by atoms with Crippen molar-refractivity contribution in [2.75, 3.05) is 0 Å². The van der Waals surface area contributed by atoms with Gasteiger partial charge < -0.3 is 19.8 Å². The monoisotopic (exact) mass is 276 g/mol. The minimum Gasteiger partial charge on any atom is -0.549 e. The first-order valence-corrected chi connectivity index (χ1v) is 5.79. The molecule has 0 amide bonds. The zero-order chi connectivity index (χ0) is 15.2. The Morgan fingerprint density at radius 3 is 1.10 bits per heavy atom. The summed E-state index contributed by atoms with van der Waals surface area (Å²) in [7, 11) is 0. The van der Waals surface area contributed by atoms with E-state index in [0.29, 0.717) is 0 Å². The number of carbonyl (C=O) groups is 2. The predicted molar refractivity (Wildman–Crippen MR) is 65.2 cm³/mol. The molecule has 0 aliphatic heterocycles. The highest BCUT2D eigenvalue weighted by Crippen LogP contribution is 1.86. The first kappa shape index (κ1) is 17.2. The molecule has 0 spiro atoms. The minimum atomic E-state index is -1.62. The summed E-state index contributed by atoms with van der Waals surface area (Å²) in [6.07, 6.45) is 7.50. The Labute approximate surface area is 116 Å². The molecule has 20 heavy (non-hydrogen) atoms. The van der Waals surface area contributed by atoms with Crippen molar-refractivity contribution in [3.8, 4) is 0 Å². The molecule has 6 nitrogen and oxygen atoms in total. The average molecular weight is 276 g/mol. The smallest absolute Gasteiger partial charge is 0.166 e. The Morgan fingerprint density at radius 2 is 1.05 bits per heavy atom. The van der Waals surface area contributed by atoms with E-state index in [1.165, 1.54) is 0 Å². The highest BCUT2D eigenvalue weighted by molar-refractivity contribution is 5.90. The van der Waals surface area contributed by atoms with E-state index in [4.69, 9.17) is 0 Å². The van der Waals surface area contributed by atoms with Gasteiger partial charge in [-0.3, -0.25) is 0 Å². The number of aromatic nitrogens is 2. The quantitative estimate of drug-likeness (QED) is 0.598. The van der Waals surface area contributed by atoms with Gasteiger partial charge in [0.2, 0.25) is 0 Å². The fourth-order valence-corrected chi connectivity index (χ4v) is 0.780. The first-order valence-electron chi connectivity index (χ1n) is 5.79. The Balaban J connectivity index is 0.000000274. The molecule has 106 valence electrons. The number of pyridine rings is 2. The van der Waals surface area contributed by atoms with Crippen molar-refractivity contribution >= 4 is 11.9 Å². The topological polar surface area (TPSA) is 109 Å². The lowest BCUT2D eigenvalue weighted by Crippen LogP contribution is -2.41. The van der Waals surface area contributed by atoms with Gasteiger partial charge in [-0.1, -0.05) is 19.1 Å². The summed E-state index contributed by atoms with van der Waals surface area (Å²) in [5.74, 6) is -4.76. The van der Waals surface area contributed by atoms with Crippen LogP contribution >= 0.6 is 0 Å². The van der Waals surface area contributed by atoms with Gasteiger partial charge in [0, 0.05) is 42.1 Å². The fourth-order valence-electron chi connectivity index (χ4n) is 0.780. The van der Waals surface area contributed by atoms with Crippen LogP contribution in [0.1, 0.15) is 6.92 Å². The summed E-state index contributed by atoms with van der Waals surface area (Å²) in [6, 6.07) is 11.7. The van der Waals surface area contributed by atoms with Gasteiger partial charge in [0.1, 0.15) is 0 Å². The van der Waals surface area contributed by atoms with Gasteiger partial charge in [-0.2, -0.15) is 0 Å². The molecule has 0 saturated heterocycles. The van der Waals surface area contributed by atoms with Crippen molar-refractivity contribution in [2.45, 2.75) is 6.92 Å². The number of hydrogen-bond donors (Lipinski definition) is 0. The Bertz CT molecular complexity index is 378. The van der Waals surface area contributed by atoms with Crippen molar-refractivity contribution in [1.29, 1.82) is 0 Å². The number of hydrogen-bond acceptors (Lipinski definition) is 4. The lowest BCUT2D eigenvalue weighted by atomic mass is 10.2. The summed E-state index contributed by atoms with van der Waals surface area (Å²) in [5.41, 5.74) is 0. The number of aromatic amines is 2. The van der Waals surface area contributed by atoms with Crippen LogP contribution in [0, 0.1) is 5.92 Å². The maximum atomic E-state index is 9.61. The van der Waals surface area contributed by atoms with Crippen molar-refractivity contribution in [1.82, 2.24) is 0 Å². The maximum absolute atomic E-state index is 9.61. The number of carboxylic acid groups (broad SMARTS) is 2. The molecule has 0 atom stereocenters. The zero-order valence-corrected chi connectivity index (χ0v) is 11.0. The SMILES string of the molecule is CC(C(=O)[O-])C(=O)[O-].c1cc[nH+]cc1.c1cc[nH+]cc1. The number of carbonyl (C=O) groups excluding carboxylic acids is 2. The molecule has 2 N–H and O–H groups in total. The maximum Gasteiger partial charge on any atom is 0.166 e. The van der Waals surface area contributed by atoms with E-state index >= 15 is 0 Å². The normalized spacial score (nSPS) is 8.50. The number of H-pyrrole nitrogens is 2. The van der Waals surface area contributed by atoms with Gasteiger partial charge >= 0.3 is 0 Å². The summed E-state index contributed by atoms with van der Waals surface area (Å²) >= 11 is 0. The summed E-state index contributed by atoms with van der Waals surface area (Å²) in [5, 5.41) is 19.2. The second-order valence-electron chi connectivity index (χ2n) is 3.51. The molecule has 0 unspecified atom stereocenters. The molecule has 2 aromatic heterocycles. The standard InChI is InChI=1S/2C5H5N.C4H6O4/c2*1-2-4-6-5-3-1;1-2(3(5)6)4(7)8/h2*1-5H;2H,1H3,(H,5,6)(H,7,8). The van der Waals surface area contributed by atoms with Gasteiger partial charge in [-0.25, -0.2) is 9.97 Å². The fraction of sp³-hybridized carbons (Fsp3) is 0.143. The van der Waals surface area contributed by atoms with Crippen molar-refractivity contribution in [2.24, 2.45) is 5.92 Å². The third-order valence-corrected chi connectivity index (χ3v) is 1.92. The van der Waals surface area contributed by atoms with E-state index < -0.39 is 17.9 Å². The molecular formula is C14H16N2O4. The van der Waals surface area contributed by atoms with Crippen molar-refractivity contribution in [3.05, 3.63) is 61.2 Å². The second-order valence-corrected chi connectivity index (χ2v) is 3.51. The zero-order valence-electron chi connectivity index (χ0n) is 11.0. The Hall–Kier alpha value is -2.76. The van der Waals surface area contributed by atoms with Crippen LogP contribution in [0.15, 0.2) is 61.2 Å². The number of nitrogens with one attached hydrogen (secondary N) is 2. The highest BCUT2D eigenvalue weighted by Gasteiger charge is 2.00. The van der Waals surface area contributed by atoms with E-state index in [2.05, 4.69) is 9.97 Å². The van der Waals surface area contributed by atoms with Gasteiger partial charge in [0.05, 0.1) is 0 Å². The van der Waals surface area contributed by atoms with Crippen LogP contribution in [0.5, 0.6) is 0 Å². The van der Waals surface area contributed by atoms with E-state index in [-0.39, 0.29) is 0 Å². The Morgan fingerprint density at radius 1 is 0.750 bits per heavy atom. The van der Waals surface area contributed by atoms with Crippen LogP contribution in [-0.2, 0) is 9.59 Å². The van der Waals surface area contributed by atoms with Gasteiger partial charge in [-0.05, 0) is 0 Å². The molecule has 0 saturated carbocycles. The number of carboxylic acids is 2. The predicted octanol–water partition coefficient (Wildman–Crippen LogP) is -1.88. The molecule has 0 radical (unpaired) electrons. The summed E-state index contributed by atoms with van der Waals surface area (Å²) in [4.78, 5) is 25.0. The third-order valence-electron chi connectivity index (χ3n) is 1.92. The largest absolute Gasteiger partial charge is 0.549 e. The van der Waals surface area contributed by atoms with Crippen molar-refractivity contribution in [3.63, 3.8) is 0 Å². The van der Waals surface area contributed by atoms with E-state index in [0.717, 1.165) is 6.92 Å². The van der Waals surface area contributed by atoms with Crippen LogP contribution in [0.4, 0.5) is 0 Å². The molecule has 6 heteroatoms. The molecule has 2 rings (SSSR count). The van der Waals surface area contributed by atoms with Crippen LogP contribution in [0.25, 0.3) is 0 Å². The Kier molecular flexibility index (Phi) is 9.77. The molecule has 0 fully saturated rings. The molecule has 0 bridgehead atoms. The summed E-state index contributed by atoms with van der Waals surface area (Å²) < 4.78 is 0. The van der Waals surface area contributed by atoms with Crippen LogP contribution in [0.2, 0.25) is 0 Å². The van der Waals surface area contributed by atoms with Crippen LogP contribution < -0.4 is 20.2 Å². The van der Waals surface area contributed by atoms with E-state index in [1.807, 2.05) is 61.2 Å². The van der Waals surface area contributed by atoms with Gasteiger partial charge in [0.15, 0.2) is 24.8 Å². The van der Waals surface area contributed by atoms with Crippen LogP contribution in [0.3, 0.4) is 0 Å². The molecule has 0 aliphatic carbocycles. The molecule has 0 aliphatic rings. The molecular weight excluding hydrogens is 260 g/mol. The first-order chi connectivity index (χ1) is 9.55. The lowest BCUT2D eigenvalue weighted by Gasteiger charge is -2.11. The molecule has 2 aromatic rings. The van der Waals surface area contributed by atoms with Crippen LogP contribution in [-0.4, -0.2) is 11.9 Å². The highest BCUT2D eigenvalue weighted by atomic mass is 16.4. The molecule has 2 heterocycles. The minimum absolute atomic E-state index is 0.991. The third kappa shape index (κ3) is 10.4. The lowest BCUT2D eigenvalue weighted by molar-refractivity contribution is -0.378. The number of aliphatic carboxylic acids is 2.